The molecule has 0 saturated heterocycles. The van der Waals surface area contributed by atoms with E-state index in [9.17, 15) is 36.7 Å². The van der Waals surface area contributed by atoms with Crippen LogP contribution in [0.3, 0.4) is 0 Å². The highest BCUT2D eigenvalue weighted by molar-refractivity contribution is 7.27. The quantitative estimate of drug-likeness (QED) is 0.00910. The molecule has 374 valence electrons. The normalized spacial score (nSPS) is 12.9. The van der Waals surface area contributed by atoms with E-state index >= 15 is 0 Å². The number of ether oxygens (including phenoxy) is 5. The molecule has 2 rings (SSSR count). The van der Waals surface area contributed by atoms with Gasteiger partial charge in [-0.2, -0.15) is 4.39 Å². The smallest absolute Gasteiger partial charge is 0.313 e. The SMILES string of the molecule is CCCCN.NCCCCC(NC(=O)CNC(=C1CCC1)C(CCCCN)NC(=O)CCCN)C(=O)NCCOCCOCCOCCOCCC(=O)Oc1c(F)c(F)c(F)c(P)c1F. The fourth-order valence-corrected chi connectivity index (χ4v) is 6.24. The molecule has 3 amide bonds. The molecular formula is C43H75F4N8O9P. The van der Waals surface area contributed by atoms with Gasteiger partial charge < -0.3 is 67.9 Å². The summed E-state index contributed by atoms with van der Waals surface area (Å²) in [5, 5.41) is 11.2. The Morgan fingerprint density at radius 3 is 1.68 bits per heavy atom. The van der Waals surface area contributed by atoms with Crippen LogP contribution in [-0.4, -0.2) is 128 Å². The summed E-state index contributed by atoms with van der Waals surface area (Å²) in [5.41, 5.74) is 24.1. The van der Waals surface area contributed by atoms with E-state index in [0.717, 1.165) is 44.3 Å². The molecule has 1 aliphatic rings. The van der Waals surface area contributed by atoms with Crippen LogP contribution in [0.2, 0.25) is 0 Å². The second-order valence-electron chi connectivity index (χ2n) is 15.0. The van der Waals surface area contributed by atoms with E-state index < -0.39 is 52.8 Å². The number of halogens is 4. The molecule has 0 spiro atoms. The number of unbranched alkanes of at least 4 members (excludes halogenated alkanes) is 3. The lowest BCUT2D eigenvalue weighted by molar-refractivity contribution is -0.136. The minimum Gasteiger partial charge on any atom is -0.420 e. The van der Waals surface area contributed by atoms with Crippen LogP contribution in [-0.2, 0) is 38.1 Å². The van der Waals surface area contributed by atoms with E-state index in [1.165, 1.54) is 18.4 Å². The number of hydrogen-bond donors (Lipinski definition) is 8. The number of allylic oxidation sites excluding steroid dienone is 1. The monoisotopic (exact) mass is 955 g/mol. The number of rotatable bonds is 36. The predicted octanol–water partition coefficient (Wildman–Crippen LogP) is 1.96. The van der Waals surface area contributed by atoms with E-state index in [2.05, 4.69) is 32.9 Å². The first-order valence-electron chi connectivity index (χ1n) is 22.6. The van der Waals surface area contributed by atoms with Crippen LogP contribution >= 0.6 is 9.24 Å². The number of benzene rings is 1. The molecule has 1 aromatic rings. The molecule has 3 atom stereocenters. The summed E-state index contributed by atoms with van der Waals surface area (Å²) in [7, 11) is 1.57. The molecule has 1 fully saturated rings. The Balaban J connectivity index is 0.00000399. The zero-order valence-corrected chi connectivity index (χ0v) is 39.2. The maximum absolute atomic E-state index is 14.0. The van der Waals surface area contributed by atoms with Crippen molar-refractivity contribution in [3.05, 3.63) is 34.5 Å². The topological polar surface area (TPSA) is 267 Å². The Hall–Kier alpha value is -3.53. The molecule has 1 aliphatic carbocycles. The number of amides is 3. The van der Waals surface area contributed by atoms with Crippen molar-refractivity contribution in [2.45, 2.75) is 109 Å². The van der Waals surface area contributed by atoms with Crippen LogP contribution in [0, 0.1) is 23.3 Å². The summed E-state index contributed by atoms with van der Waals surface area (Å²) in [4.78, 5) is 50.7. The minimum absolute atomic E-state index is 0.0646. The van der Waals surface area contributed by atoms with Gasteiger partial charge in [0.25, 0.3) is 0 Å². The van der Waals surface area contributed by atoms with E-state index in [4.69, 9.17) is 41.9 Å². The third kappa shape index (κ3) is 25.8. The second kappa shape index (κ2) is 37.5. The average Bonchev–Trinajstić information content (AvgIpc) is 3.27. The van der Waals surface area contributed by atoms with E-state index in [0.29, 0.717) is 58.2 Å². The standard InChI is InChI=1S/C39H64F4N7O9P.C4H11N/c40-32-33(41)37(35(43)38(60)34(32)42)59-31(53)12-17-55-19-21-57-23-24-58-22-20-56-18-16-47-39(54)28(10-2-4-14-45)50-30(52)25-48-36(26-7-5-8-26)27(9-1-3-13-44)49-29(51)11-6-15-46;1-2-3-4-5/h27-28,48H,1-25,44-46,60H2,(H,47,54)(H,49,51)(H,50,52);2-5H2,1H3. The third-order valence-electron chi connectivity index (χ3n) is 9.76. The van der Waals surface area contributed by atoms with Crippen LogP contribution < -0.4 is 54.2 Å². The summed E-state index contributed by atoms with van der Waals surface area (Å²) in [6, 6.07) is -1.05. The first-order valence-corrected chi connectivity index (χ1v) is 23.2. The van der Waals surface area contributed by atoms with Crippen LogP contribution in [0.25, 0.3) is 0 Å². The van der Waals surface area contributed by atoms with Gasteiger partial charge in [0, 0.05) is 24.0 Å². The molecule has 0 aromatic heterocycles. The largest absolute Gasteiger partial charge is 0.420 e. The Labute approximate surface area is 383 Å². The van der Waals surface area contributed by atoms with Crippen molar-refractivity contribution < 1.29 is 60.4 Å². The zero-order valence-electron chi connectivity index (χ0n) is 38.0. The molecule has 12 N–H and O–H groups in total. The Morgan fingerprint density at radius 1 is 0.615 bits per heavy atom. The Kier molecular flexibility index (Phi) is 34.4. The van der Waals surface area contributed by atoms with Crippen LogP contribution in [0.5, 0.6) is 5.75 Å². The van der Waals surface area contributed by atoms with Crippen LogP contribution in [0.15, 0.2) is 11.3 Å². The zero-order chi connectivity index (χ0) is 48.2. The fourth-order valence-electron chi connectivity index (χ4n) is 5.99. The van der Waals surface area contributed by atoms with Gasteiger partial charge in [0.15, 0.2) is 17.5 Å². The summed E-state index contributed by atoms with van der Waals surface area (Å²) < 4.78 is 80.7. The summed E-state index contributed by atoms with van der Waals surface area (Å²) in [5.74, 6) is -10.4. The van der Waals surface area contributed by atoms with Crippen LogP contribution in [0.4, 0.5) is 17.6 Å². The first-order chi connectivity index (χ1) is 31.4. The molecule has 22 heteroatoms. The van der Waals surface area contributed by atoms with Crippen molar-refractivity contribution in [1.29, 1.82) is 0 Å². The first kappa shape index (κ1) is 59.5. The van der Waals surface area contributed by atoms with Crippen molar-refractivity contribution in [1.82, 2.24) is 21.3 Å². The maximum atomic E-state index is 14.0. The molecular weight excluding hydrogens is 879 g/mol. The van der Waals surface area contributed by atoms with E-state index in [1.54, 1.807) is 9.24 Å². The summed E-state index contributed by atoms with van der Waals surface area (Å²) in [6.07, 6.45) is 9.75. The fraction of sp³-hybridized carbons (Fsp3) is 0.721. The van der Waals surface area contributed by atoms with Gasteiger partial charge in [-0.05, 0) is 102 Å². The molecule has 0 bridgehead atoms. The maximum Gasteiger partial charge on any atom is 0.313 e. The highest BCUT2D eigenvalue weighted by Crippen LogP contribution is 2.30. The van der Waals surface area contributed by atoms with Gasteiger partial charge in [-0.25, -0.2) is 13.2 Å². The lowest BCUT2D eigenvalue weighted by Gasteiger charge is -2.30. The highest BCUT2D eigenvalue weighted by atomic mass is 31.0. The highest BCUT2D eigenvalue weighted by Gasteiger charge is 2.27. The summed E-state index contributed by atoms with van der Waals surface area (Å²) >= 11 is 0. The predicted molar refractivity (Wildman–Crippen MR) is 243 cm³/mol. The van der Waals surface area contributed by atoms with Gasteiger partial charge in [-0.15, -0.1) is 0 Å². The van der Waals surface area contributed by atoms with Crippen molar-refractivity contribution in [3.8, 4) is 5.75 Å². The van der Waals surface area contributed by atoms with Crippen molar-refractivity contribution in [2.24, 2.45) is 22.9 Å². The van der Waals surface area contributed by atoms with Gasteiger partial charge in [0.2, 0.25) is 29.3 Å². The Morgan fingerprint density at radius 2 is 1.15 bits per heavy atom. The lowest BCUT2D eigenvalue weighted by Crippen LogP contribution is -2.50. The van der Waals surface area contributed by atoms with Gasteiger partial charge in [0.05, 0.1) is 71.9 Å². The van der Waals surface area contributed by atoms with Crippen molar-refractivity contribution >= 4 is 38.2 Å². The lowest BCUT2D eigenvalue weighted by atomic mass is 9.87. The number of nitrogens with one attached hydrogen (secondary N) is 4. The van der Waals surface area contributed by atoms with Gasteiger partial charge >= 0.3 is 5.97 Å². The van der Waals surface area contributed by atoms with E-state index in [-0.39, 0.29) is 89.7 Å². The minimum atomic E-state index is -1.96. The molecule has 17 nitrogen and oxygen atoms in total. The number of carbonyl (C=O) groups excluding carboxylic acids is 4. The number of esters is 1. The number of carbonyl (C=O) groups is 4. The molecule has 0 heterocycles. The van der Waals surface area contributed by atoms with Crippen LogP contribution in [0.1, 0.15) is 96.8 Å². The number of nitrogens with two attached hydrogens (primary N) is 4. The Bertz CT molecular complexity index is 1530. The molecule has 65 heavy (non-hydrogen) atoms. The van der Waals surface area contributed by atoms with Gasteiger partial charge in [0.1, 0.15) is 6.04 Å². The summed E-state index contributed by atoms with van der Waals surface area (Å²) in [6.45, 7) is 5.85. The average molecular weight is 955 g/mol. The van der Waals surface area contributed by atoms with Gasteiger partial charge in [-0.1, -0.05) is 22.6 Å². The van der Waals surface area contributed by atoms with Crippen molar-refractivity contribution in [2.75, 3.05) is 92.1 Å². The van der Waals surface area contributed by atoms with Crippen molar-refractivity contribution in [3.63, 3.8) is 0 Å². The molecule has 1 saturated carbocycles. The molecule has 0 aliphatic heterocycles. The van der Waals surface area contributed by atoms with Gasteiger partial charge in [-0.3, -0.25) is 19.2 Å². The third-order valence-corrected chi connectivity index (χ3v) is 10.3. The molecule has 1 aromatic carbocycles. The molecule has 3 unspecified atom stereocenters. The number of hydrogen-bond acceptors (Lipinski definition) is 14. The molecule has 0 radical (unpaired) electrons. The van der Waals surface area contributed by atoms with E-state index in [1.807, 2.05) is 0 Å². The second-order valence-corrected chi connectivity index (χ2v) is 15.6.